The SMILES string of the molecule is CC(C)C[C@@H](N)[C@@H](C)F. The first-order valence-corrected chi connectivity index (χ1v) is 3.43. The molecule has 0 aliphatic carbocycles. The van der Waals surface area contributed by atoms with Crippen molar-refractivity contribution in [1.82, 2.24) is 0 Å². The van der Waals surface area contributed by atoms with E-state index >= 15 is 0 Å². The van der Waals surface area contributed by atoms with Gasteiger partial charge in [0.15, 0.2) is 0 Å². The third-order valence-electron chi connectivity index (χ3n) is 1.33. The van der Waals surface area contributed by atoms with Crippen molar-refractivity contribution in [3.63, 3.8) is 0 Å². The molecular weight excluding hydrogens is 117 g/mol. The summed E-state index contributed by atoms with van der Waals surface area (Å²) in [7, 11) is 0. The summed E-state index contributed by atoms with van der Waals surface area (Å²) in [5, 5.41) is 0. The quantitative estimate of drug-likeness (QED) is 0.623. The van der Waals surface area contributed by atoms with Crippen molar-refractivity contribution in [2.24, 2.45) is 11.7 Å². The predicted octanol–water partition coefficient (Wildman–Crippen LogP) is 1.72. The van der Waals surface area contributed by atoms with Crippen LogP contribution < -0.4 is 5.73 Å². The van der Waals surface area contributed by atoms with E-state index < -0.39 is 6.17 Å². The number of rotatable bonds is 3. The molecule has 0 bridgehead atoms. The molecule has 0 rings (SSSR count). The molecule has 2 atom stereocenters. The number of halogens is 1. The van der Waals surface area contributed by atoms with Crippen LogP contribution in [0.5, 0.6) is 0 Å². The molecule has 0 fully saturated rings. The number of hydrogen-bond acceptors (Lipinski definition) is 1. The summed E-state index contributed by atoms with van der Waals surface area (Å²) < 4.78 is 12.3. The number of hydrogen-bond donors (Lipinski definition) is 1. The molecule has 0 unspecified atom stereocenters. The first-order valence-electron chi connectivity index (χ1n) is 3.43. The van der Waals surface area contributed by atoms with Gasteiger partial charge in [-0.3, -0.25) is 0 Å². The lowest BCUT2D eigenvalue weighted by molar-refractivity contribution is 0.278. The van der Waals surface area contributed by atoms with E-state index in [1.165, 1.54) is 6.92 Å². The zero-order valence-corrected chi connectivity index (χ0v) is 6.39. The van der Waals surface area contributed by atoms with Crippen molar-refractivity contribution >= 4 is 0 Å². The second kappa shape index (κ2) is 3.83. The van der Waals surface area contributed by atoms with Crippen molar-refractivity contribution in [3.05, 3.63) is 0 Å². The third-order valence-corrected chi connectivity index (χ3v) is 1.33. The van der Waals surface area contributed by atoms with E-state index in [1.807, 2.05) is 13.8 Å². The molecule has 0 aromatic heterocycles. The summed E-state index contributed by atoms with van der Waals surface area (Å²) in [5.41, 5.74) is 5.44. The molecule has 0 aliphatic rings. The summed E-state index contributed by atoms with van der Waals surface area (Å²) >= 11 is 0. The summed E-state index contributed by atoms with van der Waals surface area (Å²) in [6.45, 7) is 5.59. The molecule has 1 nitrogen and oxygen atoms in total. The normalized spacial score (nSPS) is 18.0. The van der Waals surface area contributed by atoms with Crippen LogP contribution in [0.1, 0.15) is 27.2 Å². The van der Waals surface area contributed by atoms with E-state index in [0.717, 1.165) is 6.42 Å². The zero-order valence-electron chi connectivity index (χ0n) is 6.39. The molecule has 0 aromatic carbocycles. The topological polar surface area (TPSA) is 26.0 Å². The molecule has 0 saturated carbocycles. The minimum absolute atomic E-state index is 0.273. The molecule has 2 heteroatoms. The van der Waals surface area contributed by atoms with Gasteiger partial charge in [-0.25, -0.2) is 4.39 Å². The van der Waals surface area contributed by atoms with Crippen LogP contribution in [0.15, 0.2) is 0 Å². The first kappa shape index (κ1) is 8.89. The molecule has 0 amide bonds. The Labute approximate surface area is 56.4 Å². The molecule has 0 radical (unpaired) electrons. The van der Waals surface area contributed by atoms with E-state index in [4.69, 9.17) is 5.73 Å². The van der Waals surface area contributed by atoms with Crippen LogP contribution in [0.3, 0.4) is 0 Å². The number of nitrogens with two attached hydrogens (primary N) is 1. The standard InChI is InChI=1S/C7H16FN/c1-5(2)4-7(9)6(3)8/h5-7H,4,9H2,1-3H3/t6-,7-/m1/s1. The average molecular weight is 133 g/mol. The van der Waals surface area contributed by atoms with Crippen LogP contribution in [-0.2, 0) is 0 Å². The summed E-state index contributed by atoms with van der Waals surface area (Å²) in [5.74, 6) is 0.498. The molecule has 9 heavy (non-hydrogen) atoms. The van der Waals surface area contributed by atoms with Gasteiger partial charge in [-0.05, 0) is 19.3 Å². The highest BCUT2D eigenvalue weighted by Crippen LogP contribution is 2.07. The van der Waals surface area contributed by atoms with Gasteiger partial charge in [-0.15, -0.1) is 0 Å². The fourth-order valence-corrected chi connectivity index (χ4v) is 0.732. The second-order valence-electron chi connectivity index (χ2n) is 2.97. The van der Waals surface area contributed by atoms with E-state index in [2.05, 4.69) is 0 Å². The van der Waals surface area contributed by atoms with Crippen LogP contribution in [0.25, 0.3) is 0 Å². The zero-order chi connectivity index (χ0) is 7.44. The van der Waals surface area contributed by atoms with E-state index in [1.54, 1.807) is 0 Å². The Hall–Kier alpha value is -0.110. The lowest BCUT2D eigenvalue weighted by Gasteiger charge is -2.14. The average Bonchev–Trinajstić information content (AvgIpc) is 1.63. The second-order valence-corrected chi connectivity index (χ2v) is 2.97. The van der Waals surface area contributed by atoms with Crippen LogP contribution >= 0.6 is 0 Å². The minimum atomic E-state index is -0.868. The summed E-state index contributed by atoms with van der Waals surface area (Å²) in [6.07, 6.45) is -0.0927. The fourth-order valence-electron chi connectivity index (χ4n) is 0.732. The van der Waals surface area contributed by atoms with Crippen molar-refractivity contribution < 1.29 is 4.39 Å². The van der Waals surface area contributed by atoms with Crippen LogP contribution in [0, 0.1) is 5.92 Å². The molecule has 0 aliphatic heterocycles. The van der Waals surface area contributed by atoms with Crippen LogP contribution in [-0.4, -0.2) is 12.2 Å². The van der Waals surface area contributed by atoms with Gasteiger partial charge in [-0.1, -0.05) is 13.8 Å². The van der Waals surface area contributed by atoms with Crippen LogP contribution in [0.4, 0.5) is 4.39 Å². The van der Waals surface area contributed by atoms with Crippen LogP contribution in [0.2, 0.25) is 0 Å². The Balaban J connectivity index is 3.38. The molecule has 0 aromatic rings. The molecular formula is C7H16FN. The fraction of sp³-hybridized carbons (Fsp3) is 1.00. The van der Waals surface area contributed by atoms with Crippen molar-refractivity contribution in [2.75, 3.05) is 0 Å². The maximum Gasteiger partial charge on any atom is 0.112 e. The van der Waals surface area contributed by atoms with Gasteiger partial charge >= 0.3 is 0 Å². The van der Waals surface area contributed by atoms with Gasteiger partial charge in [0.2, 0.25) is 0 Å². The smallest absolute Gasteiger partial charge is 0.112 e. The van der Waals surface area contributed by atoms with Crippen molar-refractivity contribution in [1.29, 1.82) is 0 Å². The number of alkyl halides is 1. The third kappa shape index (κ3) is 4.40. The Morgan fingerprint density at radius 1 is 1.33 bits per heavy atom. The Bertz CT molecular complexity index is 71.3. The maximum atomic E-state index is 12.3. The maximum absolute atomic E-state index is 12.3. The monoisotopic (exact) mass is 133 g/mol. The lowest BCUT2D eigenvalue weighted by atomic mass is 10.0. The van der Waals surface area contributed by atoms with Crippen molar-refractivity contribution in [2.45, 2.75) is 39.4 Å². The Kier molecular flexibility index (Phi) is 3.78. The highest BCUT2D eigenvalue weighted by atomic mass is 19.1. The molecule has 56 valence electrons. The van der Waals surface area contributed by atoms with Crippen molar-refractivity contribution in [3.8, 4) is 0 Å². The van der Waals surface area contributed by atoms with Gasteiger partial charge in [0, 0.05) is 6.04 Å². The minimum Gasteiger partial charge on any atom is -0.325 e. The van der Waals surface area contributed by atoms with Gasteiger partial charge < -0.3 is 5.73 Å². The molecule has 0 saturated heterocycles. The Morgan fingerprint density at radius 2 is 1.78 bits per heavy atom. The van der Waals surface area contributed by atoms with E-state index in [9.17, 15) is 4.39 Å². The van der Waals surface area contributed by atoms with E-state index in [0.29, 0.717) is 5.92 Å². The van der Waals surface area contributed by atoms with Gasteiger partial charge in [0.25, 0.3) is 0 Å². The molecule has 0 heterocycles. The lowest BCUT2D eigenvalue weighted by Crippen LogP contribution is -2.30. The highest BCUT2D eigenvalue weighted by molar-refractivity contribution is 4.68. The van der Waals surface area contributed by atoms with Gasteiger partial charge in [0.1, 0.15) is 6.17 Å². The van der Waals surface area contributed by atoms with E-state index in [-0.39, 0.29) is 6.04 Å². The predicted molar refractivity (Wildman–Crippen MR) is 38.0 cm³/mol. The molecule has 0 spiro atoms. The molecule has 2 N–H and O–H groups in total. The first-order chi connectivity index (χ1) is 4.04. The Morgan fingerprint density at radius 3 is 1.89 bits per heavy atom. The summed E-state index contributed by atoms with van der Waals surface area (Å²) in [4.78, 5) is 0. The summed E-state index contributed by atoms with van der Waals surface area (Å²) in [6, 6.07) is -0.273. The van der Waals surface area contributed by atoms with Gasteiger partial charge in [-0.2, -0.15) is 0 Å². The largest absolute Gasteiger partial charge is 0.325 e. The van der Waals surface area contributed by atoms with Gasteiger partial charge in [0.05, 0.1) is 0 Å². The highest BCUT2D eigenvalue weighted by Gasteiger charge is 2.11.